The van der Waals surface area contributed by atoms with E-state index in [1.54, 1.807) is 37.3 Å². The number of benzene rings is 2. The summed E-state index contributed by atoms with van der Waals surface area (Å²) in [4.78, 5) is 11.6. The number of hydrogen-bond acceptors (Lipinski definition) is 3. The highest BCUT2D eigenvalue weighted by Gasteiger charge is 2.37. The van der Waals surface area contributed by atoms with E-state index in [2.05, 4.69) is 0 Å². The van der Waals surface area contributed by atoms with E-state index in [4.69, 9.17) is 0 Å². The van der Waals surface area contributed by atoms with E-state index in [1.807, 2.05) is 31.2 Å². The van der Waals surface area contributed by atoms with Crippen molar-refractivity contribution in [3.8, 4) is 0 Å². The maximum Gasteiger partial charge on any atom is 0.332 e. The highest BCUT2D eigenvalue weighted by atomic mass is 32.2. The van der Waals surface area contributed by atoms with Crippen LogP contribution in [-0.2, 0) is 14.8 Å². The van der Waals surface area contributed by atoms with Crippen LogP contribution in [0.2, 0.25) is 0 Å². The zero-order chi connectivity index (χ0) is 18.9. The third-order valence-electron chi connectivity index (χ3n) is 4.68. The zero-order valence-electron chi connectivity index (χ0n) is 14.7. The maximum absolute atomic E-state index is 13.3. The Labute approximate surface area is 153 Å². The molecule has 0 fully saturated rings. The first-order valence-corrected chi connectivity index (χ1v) is 9.81. The Balaban J connectivity index is 2.10. The van der Waals surface area contributed by atoms with Gasteiger partial charge in [-0.15, -0.1) is 0 Å². The molecule has 0 amide bonds. The molecule has 1 N–H and O–H groups in total. The molecule has 1 atom stereocenters. The van der Waals surface area contributed by atoms with E-state index in [1.165, 1.54) is 4.31 Å². The van der Waals surface area contributed by atoms with E-state index in [9.17, 15) is 18.3 Å². The smallest absolute Gasteiger partial charge is 0.332 e. The largest absolute Gasteiger partial charge is 0.478 e. The van der Waals surface area contributed by atoms with Crippen molar-refractivity contribution in [1.29, 1.82) is 0 Å². The van der Waals surface area contributed by atoms with Crippen LogP contribution in [0.25, 0.3) is 0 Å². The average Bonchev–Trinajstić information content (AvgIpc) is 2.62. The van der Waals surface area contributed by atoms with Gasteiger partial charge >= 0.3 is 5.97 Å². The summed E-state index contributed by atoms with van der Waals surface area (Å²) in [5, 5.41) is 9.35. The van der Waals surface area contributed by atoms with Gasteiger partial charge < -0.3 is 5.11 Å². The third kappa shape index (κ3) is 3.43. The summed E-state index contributed by atoms with van der Waals surface area (Å²) >= 11 is 0. The second-order valence-corrected chi connectivity index (χ2v) is 8.37. The van der Waals surface area contributed by atoms with Crippen molar-refractivity contribution in [3.63, 3.8) is 0 Å². The molecule has 26 heavy (non-hydrogen) atoms. The Kier molecular flexibility index (Phi) is 4.98. The molecule has 5 nitrogen and oxygen atoms in total. The number of sulfonamides is 1. The molecule has 0 bridgehead atoms. The van der Waals surface area contributed by atoms with E-state index in [-0.39, 0.29) is 17.0 Å². The van der Waals surface area contributed by atoms with Gasteiger partial charge in [0.1, 0.15) is 0 Å². The fourth-order valence-electron chi connectivity index (χ4n) is 3.18. The van der Waals surface area contributed by atoms with Crippen molar-refractivity contribution in [2.24, 2.45) is 0 Å². The second-order valence-electron chi connectivity index (χ2n) is 6.51. The molecule has 2 aromatic rings. The predicted molar refractivity (Wildman–Crippen MR) is 99.3 cm³/mol. The van der Waals surface area contributed by atoms with Crippen LogP contribution < -0.4 is 0 Å². The zero-order valence-corrected chi connectivity index (χ0v) is 15.5. The SMILES string of the molecule is Cc1ccc([C@@H]2CC=C(C(=O)O)CN2S(=O)(=O)c2ccccc2C)cc1. The lowest BCUT2D eigenvalue weighted by Crippen LogP contribution is -2.40. The number of nitrogens with zero attached hydrogens (tertiary/aromatic N) is 1. The number of aryl methyl sites for hydroxylation is 2. The summed E-state index contributed by atoms with van der Waals surface area (Å²) < 4.78 is 28.0. The summed E-state index contributed by atoms with van der Waals surface area (Å²) in [6.45, 7) is 3.56. The Bertz CT molecular complexity index is 962. The lowest BCUT2D eigenvalue weighted by Gasteiger charge is -2.34. The van der Waals surface area contributed by atoms with Crippen molar-refractivity contribution in [2.45, 2.75) is 31.2 Å². The summed E-state index contributed by atoms with van der Waals surface area (Å²) in [5.74, 6) is -1.09. The maximum atomic E-state index is 13.3. The molecule has 2 aromatic carbocycles. The first-order valence-electron chi connectivity index (χ1n) is 8.37. The first-order chi connectivity index (χ1) is 12.3. The Morgan fingerprint density at radius 1 is 1.08 bits per heavy atom. The molecule has 0 aliphatic carbocycles. The average molecular weight is 371 g/mol. The third-order valence-corrected chi connectivity index (χ3v) is 6.69. The summed E-state index contributed by atoms with van der Waals surface area (Å²) in [7, 11) is -3.84. The Hall–Kier alpha value is -2.44. The van der Waals surface area contributed by atoms with Crippen LogP contribution in [0.5, 0.6) is 0 Å². The van der Waals surface area contributed by atoms with Crippen molar-refractivity contribution in [2.75, 3.05) is 6.54 Å². The molecule has 1 aliphatic rings. The van der Waals surface area contributed by atoms with Crippen LogP contribution in [0.3, 0.4) is 0 Å². The molecule has 0 saturated carbocycles. The van der Waals surface area contributed by atoms with E-state index >= 15 is 0 Å². The van der Waals surface area contributed by atoms with Crippen LogP contribution >= 0.6 is 0 Å². The van der Waals surface area contributed by atoms with Gasteiger partial charge in [0.25, 0.3) is 0 Å². The number of hydrogen-bond donors (Lipinski definition) is 1. The number of aliphatic carboxylic acids is 1. The topological polar surface area (TPSA) is 74.7 Å². The lowest BCUT2D eigenvalue weighted by molar-refractivity contribution is -0.133. The highest BCUT2D eigenvalue weighted by molar-refractivity contribution is 7.89. The van der Waals surface area contributed by atoms with Gasteiger partial charge in [-0.3, -0.25) is 0 Å². The molecule has 0 unspecified atom stereocenters. The van der Waals surface area contributed by atoms with E-state index in [0.29, 0.717) is 12.0 Å². The number of carbonyl (C=O) groups is 1. The van der Waals surface area contributed by atoms with Crippen LogP contribution in [0.15, 0.2) is 65.1 Å². The van der Waals surface area contributed by atoms with Gasteiger partial charge in [-0.05, 0) is 37.5 Å². The molecular formula is C20H21NO4S. The number of carboxylic acids is 1. The summed E-state index contributed by atoms with van der Waals surface area (Å²) in [6.07, 6.45) is 1.95. The van der Waals surface area contributed by atoms with E-state index in [0.717, 1.165) is 11.1 Å². The van der Waals surface area contributed by atoms with Gasteiger partial charge in [-0.25, -0.2) is 13.2 Å². The van der Waals surface area contributed by atoms with Crippen LogP contribution in [0, 0.1) is 13.8 Å². The van der Waals surface area contributed by atoms with Gasteiger partial charge in [0.2, 0.25) is 10.0 Å². The number of carboxylic acid groups (broad SMARTS) is 1. The summed E-state index contributed by atoms with van der Waals surface area (Å²) in [5.41, 5.74) is 2.68. The number of rotatable bonds is 4. The predicted octanol–water partition coefficient (Wildman–Crippen LogP) is 3.45. The van der Waals surface area contributed by atoms with Gasteiger partial charge in [0.05, 0.1) is 10.9 Å². The molecule has 0 saturated heterocycles. The minimum atomic E-state index is -3.84. The van der Waals surface area contributed by atoms with Gasteiger partial charge in [-0.1, -0.05) is 54.1 Å². The Morgan fingerprint density at radius 2 is 1.73 bits per heavy atom. The Morgan fingerprint density at radius 3 is 2.35 bits per heavy atom. The van der Waals surface area contributed by atoms with Crippen molar-refractivity contribution < 1.29 is 18.3 Å². The highest BCUT2D eigenvalue weighted by Crippen LogP contribution is 2.35. The van der Waals surface area contributed by atoms with Crippen molar-refractivity contribution in [3.05, 3.63) is 76.9 Å². The fraction of sp³-hybridized carbons (Fsp3) is 0.250. The van der Waals surface area contributed by atoms with Crippen LogP contribution in [-0.4, -0.2) is 30.3 Å². The molecule has 136 valence electrons. The standard InChI is InChI=1S/C20H21NO4S/c1-14-7-9-16(10-8-14)18-12-11-17(20(22)23)13-21(18)26(24,25)19-6-4-3-5-15(19)2/h3-11,18H,12-13H2,1-2H3,(H,22,23)/t18-/m0/s1. The van der Waals surface area contributed by atoms with Crippen LogP contribution in [0.1, 0.15) is 29.2 Å². The monoisotopic (exact) mass is 371 g/mol. The fourth-order valence-corrected chi connectivity index (χ4v) is 5.01. The molecular weight excluding hydrogens is 350 g/mol. The quantitative estimate of drug-likeness (QED) is 0.893. The van der Waals surface area contributed by atoms with E-state index < -0.39 is 22.0 Å². The molecule has 0 spiro atoms. The molecule has 0 radical (unpaired) electrons. The lowest BCUT2D eigenvalue weighted by atomic mass is 9.97. The van der Waals surface area contributed by atoms with Gasteiger partial charge in [-0.2, -0.15) is 4.31 Å². The normalized spacial score (nSPS) is 18.4. The molecule has 1 heterocycles. The molecule has 0 aromatic heterocycles. The first kappa shape index (κ1) is 18.4. The second kappa shape index (κ2) is 7.05. The van der Waals surface area contributed by atoms with Gasteiger partial charge in [0.15, 0.2) is 0 Å². The minimum Gasteiger partial charge on any atom is -0.478 e. The van der Waals surface area contributed by atoms with Crippen molar-refractivity contribution >= 4 is 16.0 Å². The van der Waals surface area contributed by atoms with Crippen LogP contribution in [0.4, 0.5) is 0 Å². The van der Waals surface area contributed by atoms with Crippen molar-refractivity contribution in [1.82, 2.24) is 4.31 Å². The summed E-state index contributed by atoms with van der Waals surface area (Å²) in [6, 6.07) is 14.0. The van der Waals surface area contributed by atoms with Gasteiger partial charge in [0, 0.05) is 12.1 Å². The minimum absolute atomic E-state index is 0.102. The molecule has 1 aliphatic heterocycles. The molecule has 6 heteroatoms. The molecule has 3 rings (SSSR count).